The molecular weight excluding hydrogens is 404 g/mol. The van der Waals surface area contributed by atoms with Gasteiger partial charge in [0.1, 0.15) is 5.82 Å². The van der Waals surface area contributed by atoms with Gasteiger partial charge in [-0.15, -0.1) is 0 Å². The average molecular weight is 435 g/mol. The lowest BCUT2D eigenvalue weighted by Gasteiger charge is -2.35. The number of aromatic amines is 1. The molecular formula is C23H30N8O. The SMILES string of the molecule is CC1CN(c2nccc(CN3CCC(c4nc(-c5cccnc5)n[nH]4)CC3)n2)CC(C)O1. The molecule has 168 valence electrons. The number of morpholine rings is 1. The first-order valence-corrected chi connectivity index (χ1v) is 11.4. The van der Waals surface area contributed by atoms with Crippen molar-refractivity contribution < 1.29 is 4.74 Å². The maximum absolute atomic E-state index is 5.84. The van der Waals surface area contributed by atoms with Gasteiger partial charge in [0, 0.05) is 49.7 Å². The number of pyridine rings is 1. The molecule has 0 amide bonds. The Balaban J connectivity index is 1.18. The monoisotopic (exact) mass is 434 g/mol. The molecule has 2 saturated heterocycles. The van der Waals surface area contributed by atoms with Gasteiger partial charge in [-0.1, -0.05) is 0 Å². The maximum atomic E-state index is 5.84. The Hall–Kier alpha value is -2.91. The van der Waals surface area contributed by atoms with Gasteiger partial charge in [-0.05, 0) is 58.0 Å². The Morgan fingerprint density at radius 1 is 1.06 bits per heavy atom. The van der Waals surface area contributed by atoms with Gasteiger partial charge in [-0.2, -0.15) is 5.10 Å². The molecule has 2 aliphatic heterocycles. The van der Waals surface area contributed by atoms with Crippen LogP contribution in [0.5, 0.6) is 0 Å². The van der Waals surface area contributed by atoms with E-state index in [9.17, 15) is 0 Å². The summed E-state index contributed by atoms with van der Waals surface area (Å²) in [5.41, 5.74) is 2.01. The van der Waals surface area contributed by atoms with Crippen molar-refractivity contribution in [3.8, 4) is 11.4 Å². The zero-order valence-corrected chi connectivity index (χ0v) is 18.7. The van der Waals surface area contributed by atoms with E-state index in [-0.39, 0.29) is 12.2 Å². The predicted molar refractivity (Wildman–Crippen MR) is 121 cm³/mol. The van der Waals surface area contributed by atoms with Crippen LogP contribution in [0.15, 0.2) is 36.8 Å². The summed E-state index contributed by atoms with van der Waals surface area (Å²) in [5, 5.41) is 7.54. The number of nitrogens with zero attached hydrogens (tertiary/aromatic N) is 7. The molecule has 2 aliphatic rings. The largest absolute Gasteiger partial charge is 0.372 e. The molecule has 0 aromatic carbocycles. The predicted octanol–water partition coefficient (Wildman–Crippen LogP) is 2.65. The van der Waals surface area contributed by atoms with E-state index >= 15 is 0 Å². The second-order valence-corrected chi connectivity index (χ2v) is 8.85. The fourth-order valence-corrected chi connectivity index (χ4v) is 4.64. The molecule has 0 bridgehead atoms. The number of likely N-dealkylation sites (tertiary alicyclic amines) is 1. The number of nitrogens with one attached hydrogen (secondary N) is 1. The van der Waals surface area contributed by atoms with E-state index in [1.165, 1.54) is 0 Å². The summed E-state index contributed by atoms with van der Waals surface area (Å²) < 4.78 is 5.84. The van der Waals surface area contributed by atoms with Crippen LogP contribution < -0.4 is 4.90 Å². The van der Waals surface area contributed by atoms with E-state index in [2.05, 4.69) is 43.8 Å². The number of piperidine rings is 1. The van der Waals surface area contributed by atoms with Crippen LogP contribution in [0.4, 0.5) is 5.95 Å². The number of rotatable bonds is 5. The van der Waals surface area contributed by atoms with Gasteiger partial charge in [-0.25, -0.2) is 15.0 Å². The first-order chi connectivity index (χ1) is 15.6. The third-order valence-electron chi connectivity index (χ3n) is 6.19. The van der Waals surface area contributed by atoms with Crippen LogP contribution in [-0.4, -0.2) is 73.4 Å². The highest BCUT2D eigenvalue weighted by Crippen LogP contribution is 2.27. The molecule has 5 rings (SSSR count). The summed E-state index contributed by atoms with van der Waals surface area (Å²) in [6.45, 7) is 8.73. The molecule has 0 saturated carbocycles. The fraction of sp³-hybridized carbons (Fsp3) is 0.522. The summed E-state index contributed by atoms with van der Waals surface area (Å²) in [4.78, 5) is 23.0. The number of aromatic nitrogens is 6. The second kappa shape index (κ2) is 9.30. The van der Waals surface area contributed by atoms with Crippen LogP contribution in [0, 0.1) is 0 Å². The molecule has 0 spiro atoms. The molecule has 9 nitrogen and oxygen atoms in total. The van der Waals surface area contributed by atoms with Crippen molar-refractivity contribution in [2.75, 3.05) is 31.1 Å². The maximum Gasteiger partial charge on any atom is 0.225 e. The molecule has 3 aromatic rings. The van der Waals surface area contributed by atoms with Crippen molar-refractivity contribution in [2.24, 2.45) is 0 Å². The molecule has 0 radical (unpaired) electrons. The number of anilines is 1. The minimum atomic E-state index is 0.194. The Morgan fingerprint density at radius 3 is 2.62 bits per heavy atom. The number of hydrogen-bond donors (Lipinski definition) is 1. The summed E-state index contributed by atoms with van der Waals surface area (Å²) >= 11 is 0. The van der Waals surface area contributed by atoms with Gasteiger partial charge in [0.2, 0.25) is 5.95 Å². The molecule has 9 heteroatoms. The quantitative estimate of drug-likeness (QED) is 0.655. The smallest absolute Gasteiger partial charge is 0.225 e. The normalized spacial score (nSPS) is 22.9. The number of ether oxygens (including phenoxy) is 1. The highest BCUT2D eigenvalue weighted by atomic mass is 16.5. The van der Waals surface area contributed by atoms with Gasteiger partial charge in [0.25, 0.3) is 0 Å². The van der Waals surface area contributed by atoms with Crippen LogP contribution in [0.25, 0.3) is 11.4 Å². The topological polar surface area (TPSA) is 96.0 Å². The van der Waals surface area contributed by atoms with E-state index < -0.39 is 0 Å². The zero-order chi connectivity index (χ0) is 21.9. The third-order valence-corrected chi connectivity index (χ3v) is 6.19. The lowest BCUT2D eigenvalue weighted by Crippen LogP contribution is -2.46. The minimum absolute atomic E-state index is 0.194. The number of hydrogen-bond acceptors (Lipinski definition) is 8. The van der Waals surface area contributed by atoms with Crippen molar-refractivity contribution in [1.29, 1.82) is 0 Å². The van der Waals surface area contributed by atoms with Gasteiger partial charge in [-0.3, -0.25) is 15.0 Å². The molecule has 5 heterocycles. The highest BCUT2D eigenvalue weighted by molar-refractivity contribution is 5.52. The molecule has 1 N–H and O–H groups in total. The lowest BCUT2D eigenvalue weighted by atomic mass is 9.96. The number of H-pyrrole nitrogens is 1. The third kappa shape index (κ3) is 4.78. The Bertz CT molecular complexity index is 1010. The fourth-order valence-electron chi connectivity index (χ4n) is 4.64. The second-order valence-electron chi connectivity index (χ2n) is 8.85. The Morgan fingerprint density at radius 2 is 1.88 bits per heavy atom. The van der Waals surface area contributed by atoms with Gasteiger partial charge in [0.05, 0.1) is 17.9 Å². The molecule has 2 fully saturated rings. The van der Waals surface area contributed by atoms with Crippen molar-refractivity contribution in [3.63, 3.8) is 0 Å². The van der Waals surface area contributed by atoms with Crippen LogP contribution >= 0.6 is 0 Å². The van der Waals surface area contributed by atoms with Gasteiger partial charge in [0.15, 0.2) is 5.82 Å². The van der Waals surface area contributed by atoms with Crippen molar-refractivity contribution >= 4 is 5.95 Å². The summed E-state index contributed by atoms with van der Waals surface area (Å²) in [5.74, 6) is 2.91. The van der Waals surface area contributed by atoms with Crippen LogP contribution in [0.1, 0.15) is 44.1 Å². The van der Waals surface area contributed by atoms with E-state index in [0.717, 1.165) is 74.4 Å². The summed E-state index contributed by atoms with van der Waals surface area (Å²) in [6, 6.07) is 5.92. The molecule has 2 unspecified atom stereocenters. The highest BCUT2D eigenvalue weighted by Gasteiger charge is 2.26. The Kier molecular flexibility index (Phi) is 6.09. The van der Waals surface area contributed by atoms with Gasteiger partial charge >= 0.3 is 0 Å². The molecule has 32 heavy (non-hydrogen) atoms. The van der Waals surface area contributed by atoms with Crippen molar-refractivity contribution in [1.82, 2.24) is 35.0 Å². The summed E-state index contributed by atoms with van der Waals surface area (Å²) in [7, 11) is 0. The van der Waals surface area contributed by atoms with E-state index in [1.54, 1.807) is 12.4 Å². The Labute approximate surface area is 188 Å². The van der Waals surface area contributed by atoms with E-state index in [1.807, 2.05) is 24.4 Å². The first-order valence-electron chi connectivity index (χ1n) is 11.4. The lowest BCUT2D eigenvalue weighted by molar-refractivity contribution is -0.00574. The molecule has 3 aromatic heterocycles. The molecule has 0 aliphatic carbocycles. The summed E-state index contributed by atoms with van der Waals surface area (Å²) in [6.07, 6.45) is 7.93. The minimum Gasteiger partial charge on any atom is -0.372 e. The van der Waals surface area contributed by atoms with Gasteiger partial charge < -0.3 is 9.64 Å². The van der Waals surface area contributed by atoms with Crippen molar-refractivity contribution in [2.45, 2.75) is 51.4 Å². The average Bonchev–Trinajstić information content (AvgIpc) is 3.30. The first kappa shape index (κ1) is 21.0. The van der Waals surface area contributed by atoms with Crippen LogP contribution in [-0.2, 0) is 11.3 Å². The molecule has 2 atom stereocenters. The van der Waals surface area contributed by atoms with E-state index in [0.29, 0.717) is 5.92 Å². The van der Waals surface area contributed by atoms with Crippen LogP contribution in [0.2, 0.25) is 0 Å². The van der Waals surface area contributed by atoms with Crippen molar-refractivity contribution in [3.05, 3.63) is 48.3 Å². The standard InChI is InChI=1S/C23H30N8O/c1-16-13-31(14-17(2)32-16)23-25-9-5-20(26-23)15-30-10-6-18(7-11-30)21-27-22(29-28-21)19-4-3-8-24-12-19/h3-5,8-9,12,16-18H,6-7,10-11,13-15H2,1-2H3,(H,27,28,29). The zero-order valence-electron chi connectivity index (χ0n) is 18.7. The van der Waals surface area contributed by atoms with Crippen LogP contribution in [0.3, 0.4) is 0 Å². The van der Waals surface area contributed by atoms with E-state index in [4.69, 9.17) is 14.7 Å².